The third kappa shape index (κ3) is 3.19. The Morgan fingerprint density at radius 1 is 1.55 bits per heavy atom. The van der Waals surface area contributed by atoms with Gasteiger partial charge in [0.25, 0.3) is 0 Å². The molecule has 110 valence electrons. The Balaban J connectivity index is 2.14. The van der Waals surface area contributed by atoms with Crippen LogP contribution in [0.3, 0.4) is 0 Å². The van der Waals surface area contributed by atoms with E-state index in [9.17, 15) is 9.18 Å². The van der Waals surface area contributed by atoms with Gasteiger partial charge in [-0.05, 0) is 25.3 Å². The quantitative estimate of drug-likeness (QED) is 0.827. The van der Waals surface area contributed by atoms with Gasteiger partial charge in [0.15, 0.2) is 0 Å². The number of halogens is 1. The summed E-state index contributed by atoms with van der Waals surface area (Å²) in [6.45, 7) is 1.36. The fraction of sp³-hybridized carbons (Fsp3) is 0.500. The lowest BCUT2D eigenvalue weighted by Crippen LogP contribution is -2.33. The number of likely N-dealkylation sites (N-methyl/N-ethyl adjacent to an activating group) is 1. The molecule has 5 nitrogen and oxygen atoms in total. The summed E-state index contributed by atoms with van der Waals surface area (Å²) in [5.41, 5.74) is 6.15. The largest absolute Gasteiger partial charge is 0.478 e. The molecule has 6 heteroatoms. The van der Waals surface area contributed by atoms with Gasteiger partial charge in [-0.1, -0.05) is 0 Å². The first-order valence-electron chi connectivity index (χ1n) is 6.64. The molecule has 0 radical (unpaired) electrons. The first-order chi connectivity index (χ1) is 9.49. The molecule has 1 unspecified atom stereocenters. The summed E-state index contributed by atoms with van der Waals surface area (Å²) >= 11 is 0. The molecule has 0 aliphatic carbocycles. The Kier molecular flexibility index (Phi) is 4.44. The minimum absolute atomic E-state index is 0.107. The van der Waals surface area contributed by atoms with Gasteiger partial charge in [0, 0.05) is 26.3 Å². The zero-order valence-electron chi connectivity index (χ0n) is 11.4. The zero-order valence-corrected chi connectivity index (χ0v) is 11.4. The molecule has 0 aromatic heterocycles. The maximum atomic E-state index is 13.7. The highest BCUT2D eigenvalue weighted by Gasteiger charge is 2.19. The van der Waals surface area contributed by atoms with Gasteiger partial charge in [-0.2, -0.15) is 0 Å². The topological polar surface area (TPSA) is 75.8 Å². The number of hydrogen-bond donors (Lipinski definition) is 2. The van der Waals surface area contributed by atoms with Crippen LogP contribution in [-0.2, 0) is 4.74 Å². The SMILES string of the molecule is CN(CC1CCCCO1)c1cc(F)c(C(=O)O)cc1N. The lowest BCUT2D eigenvalue weighted by molar-refractivity contribution is 0.0216. The van der Waals surface area contributed by atoms with Crippen molar-refractivity contribution >= 4 is 17.3 Å². The van der Waals surface area contributed by atoms with Crippen LogP contribution >= 0.6 is 0 Å². The number of ether oxygens (including phenoxy) is 1. The highest BCUT2D eigenvalue weighted by Crippen LogP contribution is 2.27. The monoisotopic (exact) mass is 282 g/mol. The number of nitrogens with two attached hydrogens (primary N) is 1. The summed E-state index contributed by atoms with van der Waals surface area (Å²) < 4.78 is 19.4. The fourth-order valence-electron chi connectivity index (χ4n) is 2.43. The van der Waals surface area contributed by atoms with Crippen LogP contribution in [0, 0.1) is 5.82 Å². The van der Waals surface area contributed by atoms with E-state index in [4.69, 9.17) is 15.6 Å². The maximum absolute atomic E-state index is 13.7. The van der Waals surface area contributed by atoms with E-state index in [1.807, 2.05) is 0 Å². The van der Waals surface area contributed by atoms with Crippen molar-refractivity contribution in [3.05, 3.63) is 23.5 Å². The lowest BCUT2D eigenvalue weighted by Gasteiger charge is -2.29. The van der Waals surface area contributed by atoms with Gasteiger partial charge < -0.3 is 20.5 Å². The number of rotatable bonds is 4. The standard InChI is InChI=1S/C14H19FN2O3/c1-17(8-9-4-2-3-5-20-9)13-7-11(15)10(14(18)19)6-12(13)16/h6-7,9H,2-5,8,16H2,1H3,(H,18,19). The molecule has 3 N–H and O–H groups in total. The van der Waals surface area contributed by atoms with E-state index in [-0.39, 0.29) is 11.8 Å². The van der Waals surface area contributed by atoms with Gasteiger partial charge in [-0.15, -0.1) is 0 Å². The number of hydrogen-bond acceptors (Lipinski definition) is 4. The average Bonchev–Trinajstić information content (AvgIpc) is 2.41. The summed E-state index contributed by atoms with van der Waals surface area (Å²) in [5.74, 6) is -2.10. The fourth-order valence-corrected chi connectivity index (χ4v) is 2.43. The van der Waals surface area contributed by atoms with Gasteiger partial charge in [-0.25, -0.2) is 9.18 Å². The molecule has 20 heavy (non-hydrogen) atoms. The molecular formula is C14H19FN2O3. The van der Waals surface area contributed by atoms with Crippen LogP contribution in [0.2, 0.25) is 0 Å². The molecule has 1 aromatic carbocycles. The van der Waals surface area contributed by atoms with Crippen LogP contribution in [0.5, 0.6) is 0 Å². The van der Waals surface area contributed by atoms with E-state index in [0.29, 0.717) is 12.2 Å². The first-order valence-corrected chi connectivity index (χ1v) is 6.64. The van der Waals surface area contributed by atoms with E-state index >= 15 is 0 Å². The van der Waals surface area contributed by atoms with Gasteiger partial charge in [-0.3, -0.25) is 0 Å². The van der Waals surface area contributed by atoms with Crippen LogP contribution in [-0.4, -0.2) is 37.4 Å². The molecule has 1 saturated heterocycles. The Bertz CT molecular complexity index is 501. The molecule has 1 heterocycles. The van der Waals surface area contributed by atoms with Crippen molar-refractivity contribution in [1.29, 1.82) is 0 Å². The van der Waals surface area contributed by atoms with Crippen molar-refractivity contribution < 1.29 is 19.0 Å². The van der Waals surface area contributed by atoms with E-state index in [2.05, 4.69) is 0 Å². The third-order valence-electron chi connectivity index (χ3n) is 3.51. The predicted octanol–water partition coefficient (Wildman–Crippen LogP) is 2.11. The molecule has 2 rings (SSSR count). The maximum Gasteiger partial charge on any atom is 0.338 e. The third-order valence-corrected chi connectivity index (χ3v) is 3.51. The van der Waals surface area contributed by atoms with E-state index in [1.54, 1.807) is 11.9 Å². The number of aromatic carboxylic acids is 1. The molecular weight excluding hydrogens is 263 g/mol. The van der Waals surface area contributed by atoms with Crippen molar-refractivity contribution in [3.63, 3.8) is 0 Å². The number of nitrogens with zero attached hydrogens (tertiary/aromatic N) is 1. The summed E-state index contributed by atoms with van der Waals surface area (Å²) in [6.07, 6.45) is 3.28. The van der Waals surface area contributed by atoms with Crippen LogP contribution in [0.15, 0.2) is 12.1 Å². The first kappa shape index (κ1) is 14.6. The Morgan fingerprint density at radius 2 is 2.30 bits per heavy atom. The highest BCUT2D eigenvalue weighted by atomic mass is 19.1. The van der Waals surface area contributed by atoms with Crippen LogP contribution < -0.4 is 10.6 Å². The molecule has 1 fully saturated rings. The lowest BCUT2D eigenvalue weighted by atomic mass is 10.1. The van der Waals surface area contributed by atoms with E-state index < -0.39 is 17.3 Å². The molecule has 1 aliphatic rings. The summed E-state index contributed by atoms with van der Waals surface area (Å²) in [7, 11) is 1.80. The van der Waals surface area contributed by atoms with Crippen LogP contribution in [0.4, 0.5) is 15.8 Å². The van der Waals surface area contributed by atoms with Crippen molar-refractivity contribution in [2.24, 2.45) is 0 Å². The molecule has 1 atom stereocenters. The minimum Gasteiger partial charge on any atom is -0.478 e. The Morgan fingerprint density at radius 3 is 2.90 bits per heavy atom. The van der Waals surface area contributed by atoms with Crippen molar-refractivity contribution in [2.75, 3.05) is 30.8 Å². The highest BCUT2D eigenvalue weighted by molar-refractivity contribution is 5.90. The number of carboxylic acids is 1. The van der Waals surface area contributed by atoms with Crippen molar-refractivity contribution in [2.45, 2.75) is 25.4 Å². The second kappa shape index (κ2) is 6.09. The van der Waals surface area contributed by atoms with Crippen LogP contribution in [0.25, 0.3) is 0 Å². The van der Waals surface area contributed by atoms with E-state index in [0.717, 1.165) is 31.9 Å². The number of carbonyl (C=O) groups is 1. The summed E-state index contributed by atoms with van der Waals surface area (Å²) in [5, 5.41) is 8.85. The van der Waals surface area contributed by atoms with Crippen LogP contribution in [0.1, 0.15) is 29.6 Å². The number of carboxylic acid groups (broad SMARTS) is 1. The van der Waals surface area contributed by atoms with Gasteiger partial charge in [0.1, 0.15) is 5.82 Å². The van der Waals surface area contributed by atoms with Gasteiger partial charge in [0.05, 0.1) is 23.0 Å². The second-order valence-electron chi connectivity index (χ2n) is 5.07. The normalized spacial score (nSPS) is 18.8. The van der Waals surface area contributed by atoms with Gasteiger partial charge in [0.2, 0.25) is 0 Å². The second-order valence-corrected chi connectivity index (χ2v) is 5.07. The molecule has 0 spiro atoms. The minimum atomic E-state index is -1.32. The van der Waals surface area contributed by atoms with Crippen molar-refractivity contribution in [3.8, 4) is 0 Å². The molecule has 0 amide bonds. The summed E-state index contributed by atoms with van der Waals surface area (Å²) in [4.78, 5) is 12.6. The zero-order chi connectivity index (χ0) is 14.7. The number of nitrogen functional groups attached to an aromatic ring is 1. The summed E-state index contributed by atoms with van der Waals surface area (Å²) in [6, 6.07) is 2.33. The molecule has 0 bridgehead atoms. The smallest absolute Gasteiger partial charge is 0.338 e. The Hall–Kier alpha value is -1.82. The molecule has 0 saturated carbocycles. The van der Waals surface area contributed by atoms with Crippen molar-refractivity contribution in [1.82, 2.24) is 0 Å². The predicted molar refractivity (Wildman–Crippen MR) is 74.6 cm³/mol. The average molecular weight is 282 g/mol. The van der Waals surface area contributed by atoms with E-state index in [1.165, 1.54) is 6.07 Å². The van der Waals surface area contributed by atoms with Gasteiger partial charge >= 0.3 is 5.97 Å². The molecule has 1 aromatic rings. The Labute approximate surface area is 117 Å². The molecule has 1 aliphatic heterocycles. The number of anilines is 2. The number of benzene rings is 1.